The summed E-state index contributed by atoms with van der Waals surface area (Å²) in [5, 5.41) is 0. The molecule has 2 aromatic rings. The van der Waals surface area contributed by atoms with Gasteiger partial charge in [-0.2, -0.15) is 4.31 Å². The predicted molar refractivity (Wildman–Crippen MR) is 118 cm³/mol. The number of hydrogen-bond donors (Lipinski definition) is 1. The highest BCUT2D eigenvalue weighted by Crippen LogP contribution is 2.23. The van der Waals surface area contributed by atoms with Gasteiger partial charge in [-0.3, -0.25) is 4.79 Å². The van der Waals surface area contributed by atoms with E-state index in [4.69, 9.17) is 0 Å². The summed E-state index contributed by atoms with van der Waals surface area (Å²) in [7, 11) is -7.58. The van der Waals surface area contributed by atoms with Gasteiger partial charge in [0.2, 0.25) is 20.0 Å². The molecule has 1 saturated heterocycles. The first-order valence-corrected chi connectivity index (χ1v) is 13.1. The summed E-state index contributed by atoms with van der Waals surface area (Å²) in [4.78, 5) is 14.2. The third-order valence-electron chi connectivity index (χ3n) is 5.29. The summed E-state index contributed by atoms with van der Waals surface area (Å²) in [6, 6.07) is 8.15. The van der Waals surface area contributed by atoms with E-state index in [-0.39, 0.29) is 48.1 Å². The Labute approximate surface area is 188 Å². The van der Waals surface area contributed by atoms with Crippen molar-refractivity contribution in [1.29, 1.82) is 0 Å². The Morgan fingerprint density at radius 1 is 1.00 bits per heavy atom. The Morgan fingerprint density at radius 3 is 2.25 bits per heavy atom. The van der Waals surface area contributed by atoms with E-state index in [0.717, 1.165) is 23.8 Å². The number of carbonyl (C=O) groups is 1. The number of rotatable bonds is 6. The molecule has 3 rings (SSSR count). The van der Waals surface area contributed by atoms with Gasteiger partial charge >= 0.3 is 0 Å². The Morgan fingerprint density at radius 2 is 1.66 bits per heavy atom. The predicted octanol–water partition coefficient (Wildman–Crippen LogP) is 1.89. The second-order valence-corrected chi connectivity index (χ2v) is 11.3. The number of benzene rings is 2. The first-order valence-electron chi connectivity index (χ1n) is 10.1. The molecular weight excluding hydrogens is 457 g/mol. The van der Waals surface area contributed by atoms with Crippen LogP contribution in [0, 0.1) is 19.7 Å². The van der Waals surface area contributed by atoms with Crippen LogP contribution in [0.25, 0.3) is 0 Å². The molecule has 11 heteroatoms. The molecule has 1 heterocycles. The maximum absolute atomic E-state index is 14.3. The minimum atomic E-state index is -3.85. The quantitative estimate of drug-likeness (QED) is 0.676. The monoisotopic (exact) mass is 483 g/mol. The lowest BCUT2D eigenvalue weighted by Gasteiger charge is -2.34. The first kappa shape index (κ1) is 24.3. The van der Waals surface area contributed by atoms with Crippen LogP contribution in [0.3, 0.4) is 0 Å². The van der Waals surface area contributed by atoms with Gasteiger partial charge in [0.1, 0.15) is 5.82 Å². The van der Waals surface area contributed by atoms with Gasteiger partial charge in [-0.15, -0.1) is 0 Å². The standard InChI is InChI=1S/C21H26FN3O5S2/c1-4-23-31(27,28)17-6-7-19(22)18(14-17)21(26)24-9-11-25(12-10-24)32(29,30)20-8-5-15(2)13-16(20)3/h5-8,13-14,23H,4,9-12H2,1-3H3. The Balaban J connectivity index is 1.77. The Hall–Kier alpha value is -2.34. The number of sulfonamides is 2. The number of nitrogens with zero attached hydrogens (tertiary/aromatic N) is 2. The van der Waals surface area contributed by atoms with Gasteiger partial charge in [0.25, 0.3) is 5.91 Å². The molecule has 1 aliphatic heterocycles. The lowest BCUT2D eigenvalue weighted by molar-refractivity contribution is 0.0693. The molecule has 0 radical (unpaired) electrons. The molecule has 1 amide bonds. The maximum Gasteiger partial charge on any atom is 0.256 e. The molecular formula is C21H26FN3O5S2. The van der Waals surface area contributed by atoms with Crippen molar-refractivity contribution in [2.45, 2.75) is 30.6 Å². The fourth-order valence-corrected chi connectivity index (χ4v) is 6.33. The van der Waals surface area contributed by atoms with Crippen LogP contribution in [0.5, 0.6) is 0 Å². The average Bonchev–Trinajstić information content (AvgIpc) is 2.73. The van der Waals surface area contributed by atoms with Gasteiger partial charge in [0, 0.05) is 32.7 Å². The minimum absolute atomic E-state index is 0.0540. The van der Waals surface area contributed by atoms with Crippen LogP contribution in [-0.4, -0.2) is 64.7 Å². The van der Waals surface area contributed by atoms with E-state index < -0.39 is 31.8 Å². The minimum Gasteiger partial charge on any atom is -0.336 e. The molecule has 1 fully saturated rings. The average molecular weight is 484 g/mol. The second kappa shape index (κ2) is 9.26. The maximum atomic E-state index is 14.3. The molecule has 0 aliphatic carbocycles. The zero-order valence-corrected chi connectivity index (χ0v) is 19.8. The molecule has 0 spiro atoms. The zero-order valence-electron chi connectivity index (χ0n) is 18.1. The lowest BCUT2D eigenvalue weighted by atomic mass is 10.1. The smallest absolute Gasteiger partial charge is 0.256 e. The summed E-state index contributed by atoms with van der Waals surface area (Å²) in [6.07, 6.45) is 0. The highest BCUT2D eigenvalue weighted by Gasteiger charge is 2.32. The fraction of sp³-hybridized carbons (Fsp3) is 0.381. The molecule has 174 valence electrons. The van der Waals surface area contributed by atoms with Gasteiger partial charge in [0.05, 0.1) is 15.4 Å². The topological polar surface area (TPSA) is 104 Å². The third-order valence-corrected chi connectivity index (χ3v) is 8.89. The number of piperazine rings is 1. The van der Waals surface area contributed by atoms with Crippen LogP contribution in [0.15, 0.2) is 46.2 Å². The van der Waals surface area contributed by atoms with Gasteiger partial charge in [-0.1, -0.05) is 24.6 Å². The number of carbonyl (C=O) groups excluding carboxylic acids is 1. The van der Waals surface area contributed by atoms with Crippen LogP contribution in [0.1, 0.15) is 28.4 Å². The molecule has 1 aliphatic rings. The SMILES string of the molecule is CCNS(=O)(=O)c1ccc(F)c(C(=O)N2CCN(S(=O)(=O)c3ccc(C)cc3C)CC2)c1. The fourth-order valence-electron chi connectivity index (χ4n) is 3.64. The van der Waals surface area contributed by atoms with Crippen LogP contribution in [-0.2, 0) is 20.0 Å². The van der Waals surface area contributed by atoms with Crippen LogP contribution in [0.2, 0.25) is 0 Å². The highest BCUT2D eigenvalue weighted by atomic mass is 32.2. The molecule has 0 saturated carbocycles. The van der Waals surface area contributed by atoms with Crippen molar-refractivity contribution in [3.63, 3.8) is 0 Å². The molecule has 0 aromatic heterocycles. The van der Waals surface area contributed by atoms with Crippen molar-refractivity contribution >= 4 is 26.0 Å². The van der Waals surface area contributed by atoms with Crippen LogP contribution < -0.4 is 4.72 Å². The molecule has 0 bridgehead atoms. The van der Waals surface area contributed by atoms with E-state index in [1.807, 2.05) is 6.92 Å². The number of hydrogen-bond acceptors (Lipinski definition) is 5. The Kier molecular flexibility index (Phi) is 7.03. The molecule has 32 heavy (non-hydrogen) atoms. The second-order valence-electron chi connectivity index (χ2n) is 7.61. The van der Waals surface area contributed by atoms with Crippen molar-refractivity contribution in [3.8, 4) is 0 Å². The summed E-state index contributed by atoms with van der Waals surface area (Å²) in [6.45, 7) is 5.61. The van der Waals surface area contributed by atoms with E-state index in [0.29, 0.717) is 5.56 Å². The first-order chi connectivity index (χ1) is 15.0. The van der Waals surface area contributed by atoms with Gasteiger partial charge in [-0.25, -0.2) is 25.9 Å². The van der Waals surface area contributed by atoms with E-state index in [9.17, 15) is 26.0 Å². The van der Waals surface area contributed by atoms with E-state index >= 15 is 0 Å². The summed E-state index contributed by atoms with van der Waals surface area (Å²) in [5.41, 5.74) is 1.23. The molecule has 1 N–H and O–H groups in total. The lowest BCUT2D eigenvalue weighted by Crippen LogP contribution is -2.50. The van der Waals surface area contributed by atoms with Crippen molar-refractivity contribution in [3.05, 3.63) is 58.9 Å². The van der Waals surface area contributed by atoms with Crippen molar-refractivity contribution in [1.82, 2.24) is 13.9 Å². The molecule has 8 nitrogen and oxygen atoms in total. The van der Waals surface area contributed by atoms with E-state index in [1.165, 1.54) is 9.21 Å². The number of amides is 1. The van der Waals surface area contributed by atoms with E-state index in [2.05, 4.69) is 4.72 Å². The largest absolute Gasteiger partial charge is 0.336 e. The van der Waals surface area contributed by atoms with Gasteiger partial charge < -0.3 is 4.90 Å². The van der Waals surface area contributed by atoms with Crippen LogP contribution >= 0.6 is 0 Å². The van der Waals surface area contributed by atoms with Crippen molar-refractivity contribution in [2.75, 3.05) is 32.7 Å². The highest BCUT2D eigenvalue weighted by molar-refractivity contribution is 7.89. The van der Waals surface area contributed by atoms with Gasteiger partial charge in [0.15, 0.2) is 0 Å². The normalized spacial score (nSPS) is 15.7. The number of halogens is 1. The number of nitrogens with one attached hydrogen (secondary N) is 1. The summed E-state index contributed by atoms with van der Waals surface area (Å²) >= 11 is 0. The van der Waals surface area contributed by atoms with Crippen LogP contribution in [0.4, 0.5) is 4.39 Å². The molecule has 0 unspecified atom stereocenters. The van der Waals surface area contributed by atoms with Crippen molar-refractivity contribution in [2.24, 2.45) is 0 Å². The number of aryl methyl sites for hydroxylation is 2. The zero-order chi connectivity index (χ0) is 23.7. The Bertz CT molecular complexity index is 1240. The van der Waals surface area contributed by atoms with Crippen molar-refractivity contribution < 1.29 is 26.0 Å². The van der Waals surface area contributed by atoms with E-state index in [1.54, 1.807) is 32.0 Å². The molecule has 2 aromatic carbocycles. The summed E-state index contributed by atoms with van der Waals surface area (Å²) < 4.78 is 68.4. The molecule has 0 atom stereocenters. The third kappa shape index (κ3) is 4.85. The van der Waals surface area contributed by atoms with Gasteiger partial charge in [-0.05, 0) is 43.7 Å². The summed E-state index contributed by atoms with van der Waals surface area (Å²) in [5.74, 6) is -1.52.